The minimum atomic E-state index is 0.342. The predicted molar refractivity (Wildman–Crippen MR) is 78.1 cm³/mol. The van der Waals surface area contributed by atoms with Crippen LogP contribution >= 0.6 is 0 Å². The molecular formula is C14H16N6. The van der Waals surface area contributed by atoms with Crippen molar-refractivity contribution in [2.75, 3.05) is 5.32 Å². The van der Waals surface area contributed by atoms with E-state index in [9.17, 15) is 0 Å². The molecule has 3 rings (SSSR count). The zero-order chi connectivity index (χ0) is 13.9. The zero-order valence-corrected chi connectivity index (χ0v) is 11.2. The Bertz CT molecular complexity index is 733. The van der Waals surface area contributed by atoms with Crippen molar-refractivity contribution >= 4 is 16.9 Å². The van der Waals surface area contributed by atoms with Gasteiger partial charge in [0.2, 0.25) is 0 Å². The van der Waals surface area contributed by atoms with Gasteiger partial charge in [-0.15, -0.1) is 0 Å². The van der Waals surface area contributed by atoms with E-state index in [2.05, 4.69) is 37.4 Å². The standard InChI is InChI=1S/C14H16N6/c1-9-18-11-3-2-10(6-12(11)19-9)8-17-13-4-5-16-14(7-15)20-13/h2-6H,7-8,15H2,1H3,(H,18,19)(H,16,17,20). The third-order valence-electron chi connectivity index (χ3n) is 3.03. The van der Waals surface area contributed by atoms with E-state index in [1.807, 2.05) is 19.1 Å². The lowest BCUT2D eigenvalue weighted by molar-refractivity contribution is 0.904. The lowest BCUT2D eigenvalue weighted by atomic mass is 10.2. The SMILES string of the molecule is Cc1nc2ccc(CNc3ccnc(CN)n3)cc2[nH]1. The van der Waals surface area contributed by atoms with Crippen molar-refractivity contribution in [2.24, 2.45) is 5.73 Å². The summed E-state index contributed by atoms with van der Waals surface area (Å²) in [5, 5.41) is 3.27. The van der Waals surface area contributed by atoms with Crippen LogP contribution in [-0.4, -0.2) is 19.9 Å². The average molecular weight is 268 g/mol. The highest BCUT2D eigenvalue weighted by Gasteiger charge is 2.02. The Morgan fingerprint density at radius 1 is 1.25 bits per heavy atom. The molecule has 0 amide bonds. The molecule has 20 heavy (non-hydrogen) atoms. The van der Waals surface area contributed by atoms with Crippen LogP contribution in [0.1, 0.15) is 17.2 Å². The van der Waals surface area contributed by atoms with Crippen LogP contribution in [0.15, 0.2) is 30.5 Å². The molecule has 0 radical (unpaired) electrons. The normalized spacial score (nSPS) is 10.9. The molecule has 6 nitrogen and oxygen atoms in total. The molecule has 0 unspecified atom stereocenters. The third-order valence-corrected chi connectivity index (χ3v) is 3.03. The Hall–Kier alpha value is -2.47. The van der Waals surface area contributed by atoms with Gasteiger partial charge >= 0.3 is 0 Å². The summed E-state index contributed by atoms with van der Waals surface area (Å²) in [5.41, 5.74) is 8.72. The van der Waals surface area contributed by atoms with E-state index in [-0.39, 0.29) is 0 Å². The van der Waals surface area contributed by atoms with Crippen LogP contribution in [0.4, 0.5) is 5.82 Å². The Morgan fingerprint density at radius 2 is 2.15 bits per heavy atom. The van der Waals surface area contributed by atoms with Crippen molar-refractivity contribution in [1.29, 1.82) is 0 Å². The van der Waals surface area contributed by atoms with E-state index >= 15 is 0 Å². The summed E-state index contributed by atoms with van der Waals surface area (Å²) in [6, 6.07) is 7.99. The first-order chi connectivity index (χ1) is 9.74. The first-order valence-electron chi connectivity index (χ1n) is 6.46. The lowest BCUT2D eigenvalue weighted by Crippen LogP contribution is -2.07. The van der Waals surface area contributed by atoms with Gasteiger partial charge in [0.05, 0.1) is 17.6 Å². The van der Waals surface area contributed by atoms with Crippen LogP contribution in [0.3, 0.4) is 0 Å². The molecule has 0 aliphatic rings. The predicted octanol–water partition coefficient (Wildman–Crippen LogP) is 1.73. The van der Waals surface area contributed by atoms with Gasteiger partial charge in [0, 0.05) is 12.7 Å². The number of anilines is 1. The van der Waals surface area contributed by atoms with Gasteiger partial charge in [0.15, 0.2) is 0 Å². The number of fused-ring (bicyclic) bond motifs is 1. The van der Waals surface area contributed by atoms with Crippen LogP contribution in [0, 0.1) is 6.92 Å². The highest BCUT2D eigenvalue weighted by molar-refractivity contribution is 5.75. The third kappa shape index (κ3) is 2.60. The zero-order valence-electron chi connectivity index (χ0n) is 11.2. The van der Waals surface area contributed by atoms with Crippen molar-refractivity contribution in [1.82, 2.24) is 19.9 Å². The number of benzene rings is 1. The minimum absolute atomic E-state index is 0.342. The van der Waals surface area contributed by atoms with Gasteiger partial charge in [-0.2, -0.15) is 0 Å². The van der Waals surface area contributed by atoms with E-state index in [0.717, 1.165) is 28.2 Å². The highest BCUT2D eigenvalue weighted by Crippen LogP contribution is 2.14. The van der Waals surface area contributed by atoms with Crippen LogP contribution in [0.5, 0.6) is 0 Å². The summed E-state index contributed by atoms with van der Waals surface area (Å²) in [6.45, 7) is 2.98. The Labute approximate surface area is 116 Å². The van der Waals surface area contributed by atoms with Gasteiger partial charge < -0.3 is 16.0 Å². The molecule has 0 saturated carbocycles. The highest BCUT2D eigenvalue weighted by atomic mass is 15.0. The summed E-state index contributed by atoms with van der Waals surface area (Å²) in [5.74, 6) is 2.34. The van der Waals surface area contributed by atoms with Crippen LogP contribution < -0.4 is 11.1 Å². The number of H-pyrrole nitrogens is 1. The van der Waals surface area contributed by atoms with Crippen LogP contribution in [0.2, 0.25) is 0 Å². The number of imidazole rings is 1. The number of aromatic nitrogens is 4. The molecule has 102 valence electrons. The van der Waals surface area contributed by atoms with Gasteiger partial charge in [-0.25, -0.2) is 15.0 Å². The van der Waals surface area contributed by atoms with E-state index in [4.69, 9.17) is 5.73 Å². The monoisotopic (exact) mass is 268 g/mol. The second kappa shape index (κ2) is 5.26. The van der Waals surface area contributed by atoms with Crippen molar-refractivity contribution in [2.45, 2.75) is 20.0 Å². The molecule has 6 heteroatoms. The Kier molecular flexibility index (Phi) is 3.30. The number of rotatable bonds is 4. The molecule has 4 N–H and O–H groups in total. The minimum Gasteiger partial charge on any atom is -0.366 e. The molecule has 2 heterocycles. The maximum absolute atomic E-state index is 5.53. The van der Waals surface area contributed by atoms with Crippen LogP contribution in [-0.2, 0) is 13.1 Å². The van der Waals surface area contributed by atoms with Crippen LogP contribution in [0.25, 0.3) is 11.0 Å². The second-order valence-electron chi connectivity index (χ2n) is 4.59. The molecule has 0 atom stereocenters. The number of hydrogen-bond acceptors (Lipinski definition) is 5. The van der Waals surface area contributed by atoms with E-state index in [0.29, 0.717) is 18.9 Å². The fourth-order valence-corrected chi connectivity index (χ4v) is 2.08. The molecule has 0 bridgehead atoms. The maximum Gasteiger partial charge on any atom is 0.144 e. The number of nitrogens with zero attached hydrogens (tertiary/aromatic N) is 3. The first-order valence-corrected chi connectivity index (χ1v) is 6.46. The molecular weight excluding hydrogens is 252 g/mol. The number of nitrogens with two attached hydrogens (primary N) is 1. The summed E-state index contributed by atoms with van der Waals surface area (Å²) in [6.07, 6.45) is 1.71. The molecule has 0 fully saturated rings. The van der Waals surface area contributed by atoms with Gasteiger partial charge in [0.1, 0.15) is 17.5 Å². The van der Waals surface area contributed by atoms with Gasteiger partial charge in [0.25, 0.3) is 0 Å². The molecule has 3 aromatic rings. The van der Waals surface area contributed by atoms with E-state index < -0.39 is 0 Å². The summed E-state index contributed by atoms with van der Waals surface area (Å²) >= 11 is 0. The molecule has 0 aliphatic carbocycles. The van der Waals surface area contributed by atoms with Crippen molar-refractivity contribution in [3.63, 3.8) is 0 Å². The van der Waals surface area contributed by atoms with Crippen molar-refractivity contribution in [3.8, 4) is 0 Å². The first kappa shape index (κ1) is 12.6. The molecule has 1 aromatic carbocycles. The van der Waals surface area contributed by atoms with Crippen molar-refractivity contribution in [3.05, 3.63) is 47.7 Å². The molecule has 0 saturated heterocycles. The number of nitrogens with one attached hydrogen (secondary N) is 2. The quantitative estimate of drug-likeness (QED) is 0.670. The summed E-state index contributed by atoms with van der Waals surface area (Å²) in [4.78, 5) is 16.0. The van der Waals surface area contributed by atoms with Gasteiger partial charge in [-0.1, -0.05) is 6.07 Å². The second-order valence-corrected chi connectivity index (χ2v) is 4.59. The largest absolute Gasteiger partial charge is 0.366 e. The topological polar surface area (TPSA) is 92.5 Å². The van der Waals surface area contributed by atoms with E-state index in [1.54, 1.807) is 6.20 Å². The molecule has 0 aliphatic heterocycles. The van der Waals surface area contributed by atoms with Crippen molar-refractivity contribution < 1.29 is 0 Å². The molecule has 0 spiro atoms. The number of hydrogen-bond donors (Lipinski definition) is 3. The van der Waals surface area contributed by atoms with Gasteiger partial charge in [-0.05, 0) is 30.7 Å². The lowest BCUT2D eigenvalue weighted by Gasteiger charge is -2.06. The number of aromatic amines is 1. The van der Waals surface area contributed by atoms with E-state index in [1.165, 1.54) is 0 Å². The molecule has 2 aromatic heterocycles. The fraction of sp³-hybridized carbons (Fsp3) is 0.214. The number of aryl methyl sites for hydroxylation is 1. The summed E-state index contributed by atoms with van der Waals surface area (Å²) < 4.78 is 0. The smallest absolute Gasteiger partial charge is 0.144 e. The van der Waals surface area contributed by atoms with Gasteiger partial charge in [-0.3, -0.25) is 0 Å². The summed E-state index contributed by atoms with van der Waals surface area (Å²) in [7, 11) is 0. The Morgan fingerprint density at radius 3 is 3.00 bits per heavy atom. The average Bonchev–Trinajstić information content (AvgIpc) is 2.84. The Balaban J connectivity index is 1.75. The maximum atomic E-state index is 5.53. The fourth-order valence-electron chi connectivity index (χ4n) is 2.08.